The van der Waals surface area contributed by atoms with Gasteiger partial charge in [-0.05, 0) is 31.0 Å². The maximum atomic E-state index is 12.3. The van der Waals surface area contributed by atoms with Crippen molar-refractivity contribution in [1.82, 2.24) is 10.3 Å². The average Bonchev–Trinajstić information content (AvgIpc) is 2.97. The van der Waals surface area contributed by atoms with E-state index in [1.54, 1.807) is 31.4 Å². The number of benzene rings is 1. The Kier molecular flexibility index (Phi) is 5.51. The fourth-order valence-corrected chi connectivity index (χ4v) is 3.01. The molecule has 0 aliphatic rings. The Labute approximate surface area is 134 Å². The highest BCUT2D eigenvalue weighted by Crippen LogP contribution is 2.23. The van der Waals surface area contributed by atoms with Crippen LogP contribution in [0, 0.1) is 6.92 Å². The largest absolute Gasteiger partial charge is 0.497 e. The Bertz CT molecular complexity index is 642. The van der Waals surface area contributed by atoms with E-state index in [2.05, 4.69) is 10.3 Å². The van der Waals surface area contributed by atoms with Crippen molar-refractivity contribution in [2.24, 2.45) is 0 Å². The van der Waals surface area contributed by atoms with Gasteiger partial charge < -0.3 is 15.2 Å². The Hall–Kier alpha value is -1.92. The Morgan fingerprint density at radius 1 is 1.50 bits per heavy atom. The molecule has 1 aromatic carbocycles. The average molecular weight is 320 g/mol. The highest BCUT2D eigenvalue weighted by Gasteiger charge is 2.22. The second-order valence-electron chi connectivity index (χ2n) is 4.98. The molecule has 0 spiro atoms. The second kappa shape index (κ2) is 7.38. The van der Waals surface area contributed by atoms with Crippen LogP contribution < -0.4 is 10.1 Å². The predicted octanol–water partition coefficient (Wildman–Crippen LogP) is 2.76. The first kappa shape index (κ1) is 16.5. The van der Waals surface area contributed by atoms with E-state index in [4.69, 9.17) is 4.74 Å². The summed E-state index contributed by atoms with van der Waals surface area (Å²) in [5, 5.41) is 15.9. The number of amides is 1. The minimum atomic E-state index is -1.23. The first-order chi connectivity index (χ1) is 10.5. The van der Waals surface area contributed by atoms with Crippen molar-refractivity contribution in [1.29, 1.82) is 0 Å². The van der Waals surface area contributed by atoms with Gasteiger partial charge in [0.05, 0.1) is 13.2 Å². The first-order valence-corrected chi connectivity index (χ1v) is 7.97. The normalized spacial score (nSPS) is 13.5. The highest BCUT2D eigenvalue weighted by molar-refractivity contribution is 7.09. The quantitative estimate of drug-likeness (QED) is 0.858. The van der Waals surface area contributed by atoms with Crippen LogP contribution >= 0.6 is 11.3 Å². The second-order valence-corrected chi connectivity index (χ2v) is 5.87. The topological polar surface area (TPSA) is 71.5 Å². The lowest BCUT2D eigenvalue weighted by atomic mass is 10.1. The van der Waals surface area contributed by atoms with Crippen molar-refractivity contribution in [2.45, 2.75) is 32.4 Å². The molecule has 2 aromatic rings. The summed E-state index contributed by atoms with van der Waals surface area (Å²) in [6.45, 7) is 3.89. The maximum absolute atomic E-state index is 12.3. The lowest BCUT2D eigenvalue weighted by Gasteiger charge is -2.18. The maximum Gasteiger partial charge on any atom is 0.254 e. The summed E-state index contributed by atoms with van der Waals surface area (Å²) >= 11 is 1.51. The molecule has 0 aliphatic carbocycles. The van der Waals surface area contributed by atoms with Crippen LogP contribution in [0.15, 0.2) is 29.6 Å². The Balaban J connectivity index is 2.09. The van der Waals surface area contributed by atoms with E-state index in [9.17, 15) is 9.90 Å². The third kappa shape index (κ3) is 3.84. The number of hydrogen-bond acceptors (Lipinski definition) is 5. The molecule has 2 N–H and O–H groups in total. The molecule has 22 heavy (non-hydrogen) atoms. The molecule has 0 fully saturated rings. The third-order valence-corrected chi connectivity index (χ3v) is 4.39. The number of nitrogens with one attached hydrogen (secondary N) is 1. The van der Waals surface area contributed by atoms with Crippen molar-refractivity contribution in [3.63, 3.8) is 0 Å². The minimum absolute atomic E-state index is 0.188. The number of aryl methyl sites for hydroxylation is 1. The minimum Gasteiger partial charge on any atom is -0.497 e. The number of carbonyl (C=O) groups excluding carboxylic acids is 1. The Morgan fingerprint density at radius 3 is 2.86 bits per heavy atom. The number of methoxy groups -OCH3 is 1. The monoisotopic (exact) mass is 320 g/mol. The van der Waals surface area contributed by atoms with E-state index in [0.717, 1.165) is 10.7 Å². The van der Waals surface area contributed by atoms with E-state index in [1.807, 2.05) is 19.2 Å². The third-order valence-electron chi connectivity index (χ3n) is 3.32. The summed E-state index contributed by atoms with van der Waals surface area (Å²) in [4.78, 5) is 16.7. The van der Waals surface area contributed by atoms with E-state index in [1.165, 1.54) is 11.3 Å². The van der Waals surface area contributed by atoms with Gasteiger partial charge in [0.15, 0.2) is 6.10 Å². The van der Waals surface area contributed by atoms with Gasteiger partial charge in [-0.1, -0.05) is 19.1 Å². The molecule has 0 bridgehead atoms. The van der Waals surface area contributed by atoms with E-state index in [0.29, 0.717) is 17.7 Å². The number of hydrogen-bond donors (Lipinski definition) is 2. The Morgan fingerprint density at radius 2 is 2.27 bits per heavy atom. The molecular weight excluding hydrogens is 300 g/mol. The molecule has 2 rings (SSSR count). The number of carbonyl (C=O) groups is 1. The molecule has 1 heterocycles. The molecule has 2 unspecified atom stereocenters. The summed E-state index contributed by atoms with van der Waals surface area (Å²) in [5.41, 5.74) is 1.43. The number of ether oxygens (including phenoxy) is 1. The molecule has 118 valence electrons. The fourth-order valence-electron chi connectivity index (χ4n) is 2.08. The van der Waals surface area contributed by atoms with Crippen LogP contribution in [0.5, 0.6) is 5.75 Å². The molecular formula is C16H20N2O3S. The molecule has 2 atom stereocenters. The molecule has 0 saturated heterocycles. The number of nitrogens with zero attached hydrogens (tertiary/aromatic N) is 1. The van der Waals surface area contributed by atoms with Crippen LogP contribution in [-0.2, 0) is 4.79 Å². The SMILES string of the molecule is CCC(NC(=O)C(O)c1cccc(OC)c1)c1nc(C)cs1. The zero-order chi connectivity index (χ0) is 16.1. The van der Waals surface area contributed by atoms with Crippen molar-refractivity contribution in [2.75, 3.05) is 7.11 Å². The van der Waals surface area contributed by atoms with Crippen LogP contribution in [0.3, 0.4) is 0 Å². The van der Waals surface area contributed by atoms with Gasteiger partial charge >= 0.3 is 0 Å². The summed E-state index contributed by atoms with van der Waals surface area (Å²) in [6, 6.07) is 6.67. The molecule has 1 amide bonds. The number of thiazole rings is 1. The predicted molar refractivity (Wildman–Crippen MR) is 86.0 cm³/mol. The van der Waals surface area contributed by atoms with Crippen molar-refractivity contribution in [3.05, 3.63) is 45.9 Å². The molecule has 5 nitrogen and oxygen atoms in total. The van der Waals surface area contributed by atoms with Gasteiger partial charge in [-0.15, -0.1) is 11.3 Å². The highest BCUT2D eigenvalue weighted by atomic mass is 32.1. The van der Waals surface area contributed by atoms with Crippen molar-refractivity contribution in [3.8, 4) is 5.75 Å². The van der Waals surface area contributed by atoms with Crippen LogP contribution in [0.4, 0.5) is 0 Å². The van der Waals surface area contributed by atoms with Gasteiger partial charge in [-0.25, -0.2) is 4.98 Å². The molecule has 0 saturated carbocycles. The van der Waals surface area contributed by atoms with Gasteiger partial charge in [0, 0.05) is 11.1 Å². The molecule has 6 heteroatoms. The molecule has 1 aromatic heterocycles. The molecule has 0 radical (unpaired) electrons. The van der Waals surface area contributed by atoms with Crippen LogP contribution in [0.1, 0.15) is 41.8 Å². The summed E-state index contributed by atoms with van der Waals surface area (Å²) in [7, 11) is 1.55. The zero-order valence-electron chi connectivity index (χ0n) is 12.9. The van der Waals surface area contributed by atoms with Crippen molar-refractivity contribution < 1.29 is 14.6 Å². The first-order valence-electron chi connectivity index (χ1n) is 7.09. The van der Waals surface area contributed by atoms with E-state index >= 15 is 0 Å². The number of aliphatic hydroxyl groups excluding tert-OH is 1. The van der Waals surface area contributed by atoms with Gasteiger partial charge in [0.2, 0.25) is 0 Å². The van der Waals surface area contributed by atoms with Gasteiger partial charge in [0.25, 0.3) is 5.91 Å². The number of rotatable bonds is 6. The fraction of sp³-hybridized carbons (Fsp3) is 0.375. The van der Waals surface area contributed by atoms with Gasteiger partial charge in [-0.3, -0.25) is 4.79 Å². The van der Waals surface area contributed by atoms with E-state index < -0.39 is 12.0 Å². The standard InChI is InChI=1S/C16H20N2O3S/c1-4-13(16-17-10(2)9-22-16)18-15(20)14(19)11-6-5-7-12(8-11)21-3/h5-9,13-14,19H,4H2,1-3H3,(H,18,20). The summed E-state index contributed by atoms with van der Waals surface area (Å²) in [5.74, 6) is 0.167. The van der Waals surface area contributed by atoms with Crippen LogP contribution in [0.25, 0.3) is 0 Å². The smallest absolute Gasteiger partial charge is 0.254 e. The lowest BCUT2D eigenvalue weighted by Crippen LogP contribution is -2.32. The zero-order valence-corrected chi connectivity index (χ0v) is 13.7. The van der Waals surface area contributed by atoms with Gasteiger partial charge in [-0.2, -0.15) is 0 Å². The lowest BCUT2D eigenvalue weighted by molar-refractivity contribution is -0.130. The number of aromatic nitrogens is 1. The number of aliphatic hydroxyl groups is 1. The summed E-state index contributed by atoms with van der Waals surface area (Å²) in [6.07, 6.45) is -0.519. The van der Waals surface area contributed by atoms with E-state index in [-0.39, 0.29) is 6.04 Å². The van der Waals surface area contributed by atoms with Crippen LogP contribution in [0.2, 0.25) is 0 Å². The van der Waals surface area contributed by atoms with Crippen LogP contribution in [-0.4, -0.2) is 23.1 Å². The molecule has 0 aliphatic heterocycles. The summed E-state index contributed by atoms with van der Waals surface area (Å²) < 4.78 is 5.11. The van der Waals surface area contributed by atoms with Gasteiger partial charge in [0.1, 0.15) is 10.8 Å². The van der Waals surface area contributed by atoms with Crippen molar-refractivity contribution >= 4 is 17.2 Å².